The fraction of sp³-hybridized carbons (Fsp3) is 0.105. The monoisotopic (exact) mass is 380 g/mol. The van der Waals surface area contributed by atoms with E-state index in [9.17, 15) is 9.59 Å². The first-order valence-corrected chi connectivity index (χ1v) is 8.72. The van der Waals surface area contributed by atoms with Crippen LogP contribution in [0.2, 0.25) is 0 Å². The summed E-state index contributed by atoms with van der Waals surface area (Å²) in [5.74, 6) is 0.00536. The molecule has 0 saturated heterocycles. The van der Waals surface area contributed by atoms with Crippen molar-refractivity contribution in [2.24, 2.45) is 0 Å². The van der Waals surface area contributed by atoms with Gasteiger partial charge in [-0.2, -0.15) is 0 Å². The molecule has 0 spiro atoms. The SMILES string of the molecule is CC1Oc2ccc(NC(=O)c3c[nH]c(=S)n3-c3ccccc3)cc2NC1=O. The van der Waals surface area contributed by atoms with Gasteiger partial charge in [-0.3, -0.25) is 14.2 Å². The Bertz CT molecular complexity index is 1090. The molecule has 2 aromatic carbocycles. The van der Waals surface area contributed by atoms with Gasteiger partial charge < -0.3 is 20.4 Å². The molecule has 3 N–H and O–H groups in total. The van der Waals surface area contributed by atoms with Gasteiger partial charge in [-0.05, 0) is 49.5 Å². The van der Waals surface area contributed by atoms with Crippen LogP contribution in [-0.2, 0) is 4.79 Å². The number of imidazole rings is 1. The van der Waals surface area contributed by atoms with E-state index in [4.69, 9.17) is 17.0 Å². The molecule has 1 aliphatic heterocycles. The molecule has 0 fully saturated rings. The highest BCUT2D eigenvalue weighted by molar-refractivity contribution is 7.71. The van der Waals surface area contributed by atoms with Crippen LogP contribution in [0.15, 0.2) is 54.7 Å². The van der Waals surface area contributed by atoms with Gasteiger partial charge in [-0.15, -0.1) is 0 Å². The van der Waals surface area contributed by atoms with Crippen LogP contribution in [0.3, 0.4) is 0 Å². The highest BCUT2D eigenvalue weighted by Crippen LogP contribution is 2.32. The highest BCUT2D eigenvalue weighted by atomic mass is 32.1. The molecule has 0 saturated carbocycles. The van der Waals surface area contributed by atoms with Gasteiger partial charge in [0, 0.05) is 17.6 Å². The summed E-state index contributed by atoms with van der Waals surface area (Å²) >= 11 is 5.31. The van der Waals surface area contributed by atoms with E-state index in [0.29, 0.717) is 27.6 Å². The van der Waals surface area contributed by atoms with Crippen LogP contribution >= 0.6 is 12.2 Å². The summed E-state index contributed by atoms with van der Waals surface area (Å²) in [5.41, 5.74) is 2.21. The van der Waals surface area contributed by atoms with E-state index < -0.39 is 6.10 Å². The fourth-order valence-electron chi connectivity index (χ4n) is 2.85. The van der Waals surface area contributed by atoms with Gasteiger partial charge in [0.1, 0.15) is 11.4 Å². The summed E-state index contributed by atoms with van der Waals surface area (Å²) in [6.45, 7) is 1.68. The van der Waals surface area contributed by atoms with Gasteiger partial charge in [-0.25, -0.2) is 0 Å². The lowest BCUT2D eigenvalue weighted by molar-refractivity contribution is -0.122. The number of aromatic nitrogens is 2. The Balaban J connectivity index is 1.62. The fourth-order valence-corrected chi connectivity index (χ4v) is 3.11. The number of ether oxygens (including phenoxy) is 1. The second-order valence-electron chi connectivity index (χ2n) is 6.06. The molecular weight excluding hydrogens is 364 g/mol. The van der Waals surface area contributed by atoms with Gasteiger partial charge in [0.2, 0.25) is 0 Å². The minimum atomic E-state index is -0.548. The van der Waals surface area contributed by atoms with Crippen LogP contribution in [0.25, 0.3) is 5.69 Å². The zero-order chi connectivity index (χ0) is 19.0. The lowest BCUT2D eigenvalue weighted by Gasteiger charge is -2.23. The van der Waals surface area contributed by atoms with Crippen LogP contribution in [0, 0.1) is 4.77 Å². The number of carbonyl (C=O) groups is 2. The number of carbonyl (C=O) groups excluding carboxylic acids is 2. The summed E-state index contributed by atoms with van der Waals surface area (Å²) in [4.78, 5) is 27.5. The second kappa shape index (κ2) is 6.73. The molecule has 1 atom stereocenters. The minimum Gasteiger partial charge on any atom is -0.479 e. The van der Waals surface area contributed by atoms with Gasteiger partial charge in [0.25, 0.3) is 11.8 Å². The van der Waals surface area contributed by atoms with E-state index in [1.54, 1.807) is 35.9 Å². The normalized spacial score (nSPS) is 15.4. The quantitative estimate of drug-likeness (QED) is 0.607. The third-order valence-corrected chi connectivity index (χ3v) is 4.49. The molecule has 3 aromatic rings. The maximum absolute atomic E-state index is 12.8. The number of hydrogen-bond acceptors (Lipinski definition) is 4. The Morgan fingerprint density at radius 2 is 2.00 bits per heavy atom. The predicted octanol–water partition coefficient (Wildman–Crippen LogP) is 3.51. The van der Waals surface area contributed by atoms with Crippen LogP contribution in [-0.4, -0.2) is 27.5 Å². The van der Waals surface area contributed by atoms with E-state index in [0.717, 1.165) is 5.69 Å². The lowest BCUT2D eigenvalue weighted by atomic mass is 10.2. The Morgan fingerprint density at radius 1 is 1.22 bits per heavy atom. The molecule has 7 nitrogen and oxygen atoms in total. The summed E-state index contributed by atoms with van der Waals surface area (Å²) in [6.07, 6.45) is 1.02. The molecular formula is C19H16N4O3S. The van der Waals surface area contributed by atoms with Crippen LogP contribution in [0.4, 0.5) is 11.4 Å². The number of rotatable bonds is 3. The predicted molar refractivity (Wildman–Crippen MR) is 104 cm³/mol. The number of para-hydroxylation sites is 1. The number of H-pyrrole nitrogens is 1. The molecule has 27 heavy (non-hydrogen) atoms. The van der Waals surface area contributed by atoms with Gasteiger partial charge >= 0.3 is 0 Å². The van der Waals surface area contributed by atoms with E-state index in [-0.39, 0.29) is 11.8 Å². The summed E-state index contributed by atoms with van der Waals surface area (Å²) in [5, 5.41) is 5.59. The number of benzene rings is 2. The molecule has 136 valence electrons. The average Bonchev–Trinajstić information content (AvgIpc) is 3.05. The van der Waals surface area contributed by atoms with Crippen molar-refractivity contribution in [2.75, 3.05) is 10.6 Å². The number of aromatic amines is 1. The summed E-state index contributed by atoms with van der Waals surface area (Å²) < 4.78 is 7.61. The molecule has 4 rings (SSSR count). The number of fused-ring (bicyclic) bond motifs is 1. The smallest absolute Gasteiger partial charge is 0.274 e. The molecule has 8 heteroatoms. The van der Waals surface area contributed by atoms with Crippen molar-refractivity contribution in [1.82, 2.24) is 9.55 Å². The molecule has 0 bridgehead atoms. The zero-order valence-corrected chi connectivity index (χ0v) is 15.2. The second-order valence-corrected chi connectivity index (χ2v) is 6.45. The first-order valence-electron chi connectivity index (χ1n) is 8.32. The van der Waals surface area contributed by atoms with Gasteiger partial charge in [0.15, 0.2) is 10.9 Å². The van der Waals surface area contributed by atoms with Crippen molar-refractivity contribution < 1.29 is 14.3 Å². The molecule has 1 aromatic heterocycles. The largest absolute Gasteiger partial charge is 0.479 e. The van der Waals surface area contributed by atoms with Gasteiger partial charge in [-0.1, -0.05) is 18.2 Å². The third kappa shape index (κ3) is 3.22. The maximum Gasteiger partial charge on any atom is 0.274 e. The molecule has 0 aliphatic carbocycles. The first-order chi connectivity index (χ1) is 13.0. The van der Waals surface area contributed by atoms with Crippen molar-refractivity contribution in [3.05, 3.63) is 65.2 Å². The van der Waals surface area contributed by atoms with Crippen molar-refractivity contribution in [1.29, 1.82) is 0 Å². The van der Waals surface area contributed by atoms with E-state index in [1.165, 1.54) is 0 Å². The minimum absolute atomic E-state index is 0.228. The molecule has 2 heterocycles. The molecule has 1 unspecified atom stereocenters. The van der Waals surface area contributed by atoms with E-state index in [2.05, 4.69) is 15.6 Å². The van der Waals surface area contributed by atoms with Gasteiger partial charge in [0.05, 0.1) is 5.69 Å². The number of nitrogens with zero attached hydrogens (tertiary/aromatic N) is 1. The first kappa shape index (κ1) is 17.0. The number of hydrogen-bond donors (Lipinski definition) is 3. The van der Waals surface area contributed by atoms with Crippen molar-refractivity contribution >= 4 is 35.4 Å². The molecule has 0 radical (unpaired) electrons. The summed E-state index contributed by atoms with van der Waals surface area (Å²) in [6, 6.07) is 14.5. The van der Waals surface area contributed by atoms with Crippen LogP contribution < -0.4 is 15.4 Å². The number of anilines is 2. The molecule has 2 amide bonds. The van der Waals surface area contributed by atoms with Crippen molar-refractivity contribution in [3.63, 3.8) is 0 Å². The Labute approximate surface area is 160 Å². The average molecular weight is 380 g/mol. The molecule has 1 aliphatic rings. The van der Waals surface area contributed by atoms with E-state index in [1.807, 2.05) is 30.3 Å². The highest BCUT2D eigenvalue weighted by Gasteiger charge is 2.24. The van der Waals surface area contributed by atoms with Crippen LogP contribution in [0.1, 0.15) is 17.4 Å². The number of amides is 2. The Morgan fingerprint density at radius 3 is 2.78 bits per heavy atom. The standard InChI is InChI=1S/C19H16N4O3S/c1-11-17(24)22-14-9-12(7-8-16(14)26-11)21-18(25)15-10-20-19(27)23(15)13-5-3-2-4-6-13/h2-11H,1H3,(H,20,27)(H,21,25)(H,22,24). The topological polar surface area (TPSA) is 88.2 Å². The van der Waals surface area contributed by atoms with Crippen LogP contribution in [0.5, 0.6) is 5.75 Å². The lowest BCUT2D eigenvalue weighted by Crippen LogP contribution is -2.34. The summed E-state index contributed by atoms with van der Waals surface area (Å²) in [7, 11) is 0. The maximum atomic E-state index is 12.8. The Kier molecular flexibility index (Phi) is 4.25. The third-order valence-electron chi connectivity index (χ3n) is 4.19. The Hall–Kier alpha value is -3.39. The zero-order valence-electron chi connectivity index (χ0n) is 14.4. The van der Waals surface area contributed by atoms with E-state index >= 15 is 0 Å². The van der Waals surface area contributed by atoms with Crippen molar-refractivity contribution in [2.45, 2.75) is 13.0 Å². The van der Waals surface area contributed by atoms with Crippen molar-refractivity contribution in [3.8, 4) is 11.4 Å². The number of nitrogens with one attached hydrogen (secondary N) is 3.